The van der Waals surface area contributed by atoms with Gasteiger partial charge in [-0.3, -0.25) is 4.68 Å². The lowest BCUT2D eigenvalue weighted by Gasteiger charge is -2.06. The van der Waals surface area contributed by atoms with E-state index < -0.39 is 9.84 Å². The Kier molecular flexibility index (Phi) is 4.62. The lowest BCUT2D eigenvalue weighted by atomic mass is 10.2. The fourth-order valence-corrected chi connectivity index (χ4v) is 3.97. The van der Waals surface area contributed by atoms with Gasteiger partial charge in [-0.15, -0.1) is 0 Å². The number of nitrogens with zero attached hydrogens (tertiary/aromatic N) is 3. The van der Waals surface area contributed by atoms with Crippen molar-refractivity contribution >= 4 is 41.7 Å². The van der Waals surface area contributed by atoms with Gasteiger partial charge in [-0.1, -0.05) is 0 Å². The Hall–Kier alpha value is -1.17. The molecule has 0 N–H and O–H groups in total. The van der Waals surface area contributed by atoms with Crippen molar-refractivity contribution in [1.82, 2.24) is 9.78 Å². The lowest BCUT2D eigenvalue weighted by Crippen LogP contribution is -2.14. The highest BCUT2D eigenvalue weighted by Gasteiger charge is 2.15. The number of rotatable bonds is 4. The van der Waals surface area contributed by atoms with Gasteiger partial charge in [0.25, 0.3) is 0 Å². The number of hydrogen-bond acceptors (Lipinski definition) is 4. The van der Waals surface area contributed by atoms with Gasteiger partial charge >= 0.3 is 0 Å². The van der Waals surface area contributed by atoms with Gasteiger partial charge in [0, 0.05) is 6.07 Å². The Morgan fingerprint density at radius 1 is 1.25 bits per heavy atom. The van der Waals surface area contributed by atoms with Crippen molar-refractivity contribution in [1.29, 1.82) is 5.26 Å². The predicted octanol–water partition coefficient (Wildman–Crippen LogP) is 2.75. The minimum Gasteiger partial charge on any atom is -0.256 e. The summed E-state index contributed by atoms with van der Waals surface area (Å²) in [6.07, 6.45) is 0. The molecule has 0 radical (unpaired) electrons. The molecule has 0 amide bonds. The van der Waals surface area contributed by atoms with Crippen LogP contribution >= 0.6 is 31.9 Å². The maximum Gasteiger partial charge on any atom is 0.180 e. The monoisotopic (exact) mass is 417 g/mol. The number of nitriles is 1. The SMILES string of the molecule is N#Cc1ccc(S(=O)(=O)CCn2nc(Br)cc2Br)cc1. The van der Waals surface area contributed by atoms with Gasteiger partial charge in [0.2, 0.25) is 0 Å². The second-order valence-corrected chi connectivity index (χ2v) is 7.70. The molecule has 0 fully saturated rings. The zero-order chi connectivity index (χ0) is 14.8. The summed E-state index contributed by atoms with van der Waals surface area (Å²) in [7, 11) is -3.40. The first-order valence-electron chi connectivity index (χ1n) is 5.54. The van der Waals surface area contributed by atoms with Crippen LogP contribution in [0.5, 0.6) is 0 Å². The summed E-state index contributed by atoms with van der Waals surface area (Å²) < 4.78 is 27.3. The van der Waals surface area contributed by atoms with Crippen LogP contribution in [0.25, 0.3) is 0 Å². The molecular weight excluding hydrogens is 410 g/mol. The van der Waals surface area contributed by atoms with Crippen molar-refractivity contribution in [2.45, 2.75) is 11.4 Å². The van der Waals surface area contributed by atoms with Crippen molar-refractivity contribution in [3.8, 4) is 6.07 Å². The third-order valence-electron chi connectivity index (χ3n) is 2.62. The Morgan fingerprint density at radius 3 is 2.40 bits per heavy atom. The summed E-state index contributed by atoms with van der Waals surface area (Å²) in [5, 5.41) is 12.8. The topological polar surface area (TPSA) is 75.8 Å². The molecular formula is C12H9Br2N3O2S. The van der Waals surface area contributed by atoms with E-state index in [-0.39, 0.29) is 17.2 Å². The van der Waals surface area contributed by atoms with E-state index in [2.05, 4.69) is 37.0 Å². The Labute approximate surface area is 133 Å². The zero-order valence-corrected chi connectivity index (χ0v) is 14.1. The molecule has 1 aromatic carbocycles. The second-order valence-electron chi connectivity index (χ2n) is 3.97. The molecule has 0 bridgehead atoms. The normalized spacial score (nSPS) is 11.2. The molecule has 0 unspecified atom stereocenters. The molecule has 0 atom stereocenters. The Morgan fingerprint density at radius 2 is 1.90 bits per heavy atom. The first-order chi connectivity index (χ1) is 9.42. The largest absolute Gasteiger partial charge is 0.256 e. The van der Waals surface area contributed by atoms with Gasteiger partial charge in [-0.2, -0.15) is 10.4 Å². The van der Waals surface area contributed by atoms with E-state index in [9.17, 15) is 8.42 Å². The van der Waals surface area contributed by atoms with Crippen LogP contribution < -0.4 is 0 Å². The highest BCUT2D eigenvalue weighted by Crippen LogP contribution is 2.18. The van der Waals surface area contributed by atoms with Gasteiger partial charge in [0.05, 0.1) is 28.8 Å². The summed E-state index contributed by atoms with van der Waals surface area (Å²) in [6, 6.07) is 9.58. The molecule has 0 aliphatic rings. The van der Waals surface area contributed by atoms with Gasteiger partial charge < -0.3 is 0 Å². The van der Waals surface area contributed by atoms with Gasteiger partial charge in [0.1, 0.15) is 9.21 Å². The number of halogens is 2. The number of aromatic nitrogens is 2. The molecule has 5 nitrogen and oxygen atoms in total. The Bertz CT molecular complexity index is 761. The first kappa shape index (κ1) is 15.2. The van der Waals surface area contributed by atoms with Crippen LogP contribution in [0.4, 0.5) is 0 Å². The van der Waals surface area contributed by atoms with Crippen molar-refractivity contribution in [3.63, 3.8) is 0 Å². The predicted molar refractivity (Wildman–Crippen MR) is 80.8 cm³/mol. The maximum atomic E-state index is 12.2. The molecule has 1 aromatic heterocycles. The van der Waals surface area contributed by atoms with Gasteiger partial charge in [-0.05, 0) is 56.1 Å². The van der Waals surface area contributed by atoms with E-state index >= 15 is 0 Å². The molecule has 2 aromatic rings. The third kappa shape index (κ3) is 3.48. The number of hydrogen-bond donors (Lipinski definition) is 0. The van der Waals surface area contributed by atoms with Gasteiger partial charge in [-0.25, -0.2) is 8.42 Å². The molecule has 0 aliphatic carbocycles. The molecule has 2 rings (SSSR count). The molecule has 0 spiro atoms. The fourth-order valence-electron chi connectivity index (χ4n) is 1.58. The summed E-state index contributed by atoms with van der Waals surface area (Å²) in [5.74, 6) is -0.0639. The molecule has 0 saturated heterocycles. The average Bonchev–Trinajstić information content (AvgIpc) is 2.75. The summed E-state index contributed by atoms with van der Waals surface area (Å²) in [5.41, 5.74) is 0.433. The summed E-state index contributed by atoms with van der Waals surface area (Å²) in [4.78, 5) is 0.207. The molecule has 0 aliphatic heterocycles. The minimum absolute atomic E-state index is 0.0639. The van der Waals surface area contributed by atoms with E-state index in [1.807, 2.05) is 6.07 Å². The smallest absolute Gasteiger partial charge is 0.180 e. The lowest BCUT2D eigenvalue weighted by molar-refractivity contribution is 0.577. The molecule has 1 heterocycles. The second kappa shape index (κ2) is 6.08. The van der Waals surface area contributed by atoms with Crippen LogP contribution in [0.1, 0.15) is 5.56 Å². The highest BCUT2D eigenvalue weighted by atomic mass is 79.9. The first-order valence-corrected chi connectivity index (χ1v) is 8.78. The summed E-state index contributed by atoms with van der Waals surface area (Å²) >= 11 is 6.52. The third-order valence-corrected chi connectivity index (χ3v) is 5.35. The zero-order valence-electron chi connectivity index (χ0n) is 10.1. The number of benzene rings is 1. The quantitative estimate of drug-likeness (QED) is 0.764. The average molecular weight is 419 g/mol. The molecule has 8 heteroatoms. The van der Waals surface area contributed by atoms with E-state index in [0.29, 0.717) is 14.8 Å². The van der Waals surface area contributed by atoms with Crippen molar-refractivity contribution in [2.75, 3.05) is 5.75 Å². The Balaban J connectivity index is 2.15. The van der Waals surface area contributed by atoms with Gasteiger partial charge in [0.15, 0.2) is 9.84 Å². The van der Waals surface area contributed by atoms with Crippen LogP contribution in [-0.4, -0.2) is 24.0 Å². The van der Waals surface area contributed by atoms with Crippen molar-refractivity contribution in [2.24, 2.45) is 0 Å². The minimum atomic E-state index is -3.40. The highest BCUT2D eigenvalue weighted by molar-refractivity contribution is 9.11. The van der Waals surface area contributed by atoms with Crippen molar-refractivity contribution < 1.29 is 8.42 Å². The van der Waals surface area contributed by atoms with E-state index in [4.69, 9.17) is 5.26 Å². The van der Waals surface area contributed by atoms with Crippen LogP contribution in [0, 0.1) is 11.3 Å². The van der Waals surface area contributed by atoms with Crippen LogP contribution in [0.2, 0.25) is 0 Å². The van der Waals surface area contributed by atoms with E-state index in [1.54, 1.807) is 10.7 Å². The standard InChI is InChI=1S/C12H9Br2N3O2S/c13-11-7-12(14)17(16-11)5-6-20(18,19)10-3-1-9(8-15)2-4-10/h1-4,7H,5-6H2. The number of sulfone groups is 1. The number of aryl methyl sites for hydroxylation is 1. The van der Waals surface area contributed by atoms with Crippen LogP contribution in [0.3, 0.4) is 0 Å². The van der Waals surface area contributed by atoms with Crippen LogP contribution in [-0.2, 0) is 16.4 Å². The molecule has 0 saturated carbocycles. The summed E-state index contributed by atoms with van der Waals surface area (Å²) in [6.45, 7) is 0.245. The van der Waals surface area contributed by atoms with Crippen LogP contribution in [0.15, 0.2) is 44.4 Å². The molecule has 104 valence electrons. The van der Waals surface area contributed by atoms with E-state index in [0.717, 1.165) is 0 Å². The van der Waals surface area contributed by atoms with E-state index in [1.165, 1.54) is 24.3 Å². The maximum absolute atomic E-state index is 12.2. The van der Waals surface area contributed by atoms with Crippen molar-refractivity contribution in [3.05, 3.63) is 45.1 Å². The fraction of sp³-hybridized carbons (Fsp3) is 0.167. The molecule has 20 heavy (non-hydrogen) atoms.